The van der Waals surface area contributed by atoms with Crippen molar-refractivity contribution >= 4 is 26.0 Å². The summed E-state index contributed by atoms with van der Waals surface area (Å²) in [5.41, 5.74) is -0.224. The molecule has 2 aromatic rings. The Morgan fingerprint density at radius 2 is 1.97 bits per heavy atom. The Balaban J connectivity index is 2.17. The quantitative estimate of drug-likeness (QED) is 0.316. The van der Waals surface area contributed by atoms with Crippen LogP contribution < -0.4 is 5.32 Å². The standard InChI is InChI=1S/C20H33N5O6Si/c1-20(2,3)30-19(27)22-17-14(12-25(23-17)13-29-10-11-32(5,6)7)18-21-15(31-24-18)8-9-16(26)28-4/h12H,8-11,13H2,1-7H3,(H,22,23,27). The van der Waals surface area contributed by atoms with Gasteiger partial charge in [-0.2, -0.15) is 10.1 Å². The first kappa shape index (κ1) is 25.5. The average Bonchev–Trinajstić information content (AvgIpc) is 3.27. The minimum Gasteiger partial charge on any atom is -0.469 e. The van der Waals surface area contributed by atoms with E-state index in [1.807, 2.05) is 0 Å². The summed E-state index contributed by atoms with van der Waals surface area (Å²) in [6, 6.07) is 1.03. The molecule has 178 valence electrons. The van der Waals surface area contributed by atoms with Crippen LogP contribution in [0.5, 0.6) is 0 Å². The van der Waals surface area contributed by atoms with Crippen molar-refractivity contribution in [3.05, 3.63) is 12.1 Å². The van der Waals surface area contributed by atoms with Gasteiger partial charge in [0.1, 0.15) is 12.3 Å². The number of nitrogens with zero attached hydrogens (tertiary/aromatic N) is 4. The van der Waals surface area contributed by atoms with E-state index >= 15 is 0 Å². The first-order chi connectivity index (χ1) is 14.9. The number of hydrogen-bond acceptors (Lipinski definition) is 9. The fourth-order valence-corrected chi connectivity index (χ4v) is 3.21. The lowest BCUT2D eigenvalue weighted by atomic mass is 10.2. The molecule has 0 spiro atoms. The normalized spacial score (nSPS) is 12.0. The Labute approximate surface area is 188 Å². The molecule has 1 N–H and O–H groups in total. The molecule has 2 heterocycles. The van der Waals surface area contributed by atoms with Gasteiger partial charge in [-0.05, 0) is 26.8 Å². The third-order valence-electron chi connectivity index (χ3n) is 4.08. The summed E-state index contributed by atoms with van der Waals surface area (Å²) in [4.78, 5) is 27.9. The van der Waals surface area contributed by atoms with Crippen molar-refractivity contribution in [3.63, 3.8) is 0 Å². The largest absolute Gasteiger partial charge is 0.469 e. The molecule has 0 aliphatic heterocycles. The van der Waals surface area contributed by atoms with E-state index in [1.165, 1.54) is 7.11 Å². The van der Waals surface area contributed by atoms with Crippen LogP contribution in [0, 0.1) is 0 Å². The summed E-state index contributed by atoms with van der Waals surface area (Å²) in [7, 11) is 0.108. The maximum atomic E-state index is 12.3. The number of amides is 1. The SMILES string of the molecule is COC(=O)CCc1nc(-c2cn(COCC[Si](C)(C)C)nc2NC(=O)OC(C)(C)C)no1. The number of esters is 1. The number of carbonyl (C=O) groups excluding carboxylic acids is 2. The van der Waals surface area contributed by atoms with Crippen LogP contribution in [0.25, 0.3) is 11.4 Å². The molecule has 0 aliphatic carbocycles. The Hall–Kier alpha value is -2.73. The predicted octanol–water partition coefficient (Wildman–Crippen LogP) is 3.70. The van der Waals surface area contributed by atoms with E-state index in [0.717, 1.165) is 6.04 Å². The van der Waals surface area contributed by atoms with E-state index < -0.39 is 19.8 Å². The lowest BCUT2D eigenvalue weighted by molar-refractivity contribution is -0.140. The van der Waals surface area contributed by atoms with Gasteiger partial charge in [-0.3, -0.25) is 10.1 Å². The van der Waals surface area contributed by atoms with Gasteiger partial charge in [-0.25, -0.2) is 9.48 Å². The van der Waals surface area contributed by atoms with Gasteiger partial charge in [0.25, 0.3) is 0 Å². The molecule has 1 amide bonds. The highest BCUT2D eigenvalue weighted by Crippen LogP contribution is 2.25. The van der Waals surface area contributed by atoms with Gasteiger partial charge in [0.15, 0.2) is 5.82 Å². The highest BCUT2D eigenvalue weighted by atomic mass is 28.3. The highest BCUT2D eigenvalue weighted by molar-refractivity contribution is 6.76. The molecule has 0 unspecified atom stereocenters. The van der Waals surface area contributed by atoms with Crippen LogP contribution in [-0.4, -0.2) is 59.4 Å². The van der Waals surface area contributed by atoms with Gasteiger partial charge >= 0.3 is 12.1 Å². The molecule has 0 aliphatic rings. The van der Waals surface area contributed by atoms with Gasteiger partial charge in [0.05, 0.1) is 19.1 Å². The number of aromatic nitrogens is 4. The molecule has 0 saturated carbocycles. The minimum absolute atomic E-state index is 0.116. The predicted molar refractivity (Wildman–Crippen MR) is 120 cm³/mol. The molecule has 0 radical (unpaired) electrons. The van der Waals surface area contributed by atoms with Crippen LogP contribution >= 0.6 is 0 Å². The third-order valence-corrected chi connectivity index (χ3v) is 5.78. The van der Waals surface area contributed by atoms with Gasteiger partial charge in [0.2, 0.25) is 11.7 Å². The van der Waals surface area contributed by atoms with Gasteiger partial charge in [-0.15, -0.1) is 0 Å². The molecule has 11 nitrogen and oxygen atoms in total. The number of anilines is 1. The maximum absolute atomic E-state index is 12.3. The first-order valence-corrected chi connectivity index (χ1v) is 14.1. The highest BCUT2D eigenvalue weighted by Gasteiger charge is 2.22. The zero-order valence-electron chi connectivity index (χ0n) is 19.9. The van der Waals surface area contributed by atoms with Crippen molar-refractivity contribution < 1.29 is 28.3 Å². The van der Waals surface area contributed by atoms with Crippen LogP contribution in [0.15, 0.2) is 10.7 Å². The van der Waals surface area contributed by atoms with Gasteiger partial charge in [-0.1, -0.05) is 24.8 Å². The van der Waals surface area contributed by atoms with Crippen LogP contribution in [0.1, 0.15) is 33.1 Å². The van der Waals surface area contributed by atoms with Crippen molar-refractivity contribution in [1.29, 1.82) is 0 Å². The van der Waals surface area contributed by atoms with Crippen molar-refractivity contribution in [1.82, 2.24) is 19.9 Å². The average molecular weight is 468 g/mol. The number of nitrogens with one attached hydrogen (secondary N) is 1. The monoisotopic (exact) mass is 467 g/mol. The second kappa shape index (κ2) is 10.7. The summed E-state index contributed by atoms with van der Waals surface area (Å²) in [6.45, 7) is 13.0. The Morgan fingerprint density at radius 3 is 2.59 bits per heavy atom. The number of aryl methyl sites for hydroxylation is 1. The molecule has 0 fully saturated rings. The van der Waals surface area contributed by atoms with Gasteiger partial charge < -0.3 is 18.7 Å². The fourth-order valence-electron chi connectivity index (χ4n) is 2.46. The zero-order valence-corrected chi connectivity index (χ0v) is 20.9. The van der Waals surface area contributed by atoms with Crippen LogP contribution in [0.2, 0.25) is 25.7 Å². The number of methoxy groups -OCH3 is 1. The molecule has 0 bridgehead atoms. The third kappa shape index (κ3) is 8.79. The Kier molecular flexibility index (Phi) is 8.56. The van der Waals surface area contributed by atoms with E-state index in [1.54, 1.807) is 31.6 Å². The lowest BCUT2D eigenvalue weighted by Gasteiger charge is -2.19. The van der Waals surface area contributed by atoms with E-state index in [0.29, 0.717) is 12.2 Å². The van der Waals surface area contributed by atoms with Crippen molar-refractivity contribution in [3.8, 4) is 11.4 Å². The summed E-state index contributed by atoms with van der Waals surface area (Å²) in [5, 5.41) is 11.0. The van der Waals surface area contributed by atoms with Crippen molar-refractivity contribution in [2.24, 2.45) is 0 Å². The second-order valence-corrected chi connectivity index (χ2v) is 15.1. The van der Waals surface area contributed by atoms with Crippen LogP contribution in [0.4, 0.5) is 10.6 Å². The van der Waals surface area contributed by atoms with E-state index in [9.17, 15) is 9.59 Å². The topological polar surface area (TPSA) is 131 Å². The number of hydrogen-bond donors (Lipinski definition) is 1. The lowest BCUT2D eigenvalue weighted by Crippen LogP contribution is -2.27. The molecular formula is C20H33N5O6Si. The van der Waals surface area contributed by atoms with Crippen molar-refractivity contribution in [2.45, 2.75) is 71.6 Å². The summed E-state index contributed by atoms with van der Waals surface area (Å²) in [6.07, 6.45) is 1.36. The van der Waals surface area contributed by atoms with Crippen LogP contribution in [0.3, 0.4) is 0 Å². The zero-order chi connectivity index (χ0) is 23.9. The molecule has 2 rings (SSSR count). The van der Waals surface area contributed by atoms with Gasteiger partial charge in [0, 0.05) is 27.3 Å². The molecular weight excluding hydrogens is 434 g/mol. The molecule has 0 atom stereocenters. The number of carbonyl (C=O) groups is 2. The molecule has 2 aromatic heterocycles. The Morgan fingerprint density at radius 1 is 1.25 bits per heavy atom. The molecule has 32 heavy (non-hydrogen) atoms. The summed E-state index contributed by atoms with van der Waals surface area (Å²) < 4.78 is 22.5. The van der Waals surface area contributed by atoms with E-state index in [-0.39, 0.29) is 43.1 Å². The second-order valence-electron chi connectivity index (χ2n) is 9.49. The smallest absolute Gasteiger partial charge is 0.413 e. The van der Waals surface area contributed by atoms with E-state index in [4.69, 9.17) is 14.0 Å². The van der Waals surface area contributed by atoms with Crippen LogP contribution in [-0.2, 0) is 32.2 Å². The summed E-state index contributed by atoms with van der Waals surface area (Å²) in [5.74, 6) is 0.339. The maximum Gasteiger partial charge on any atom is 0.413 e. The Bertz CT molecular complexity index is 912. The number of rotatable bonds is 10. The fraction of sp³-hybridized carbons (Fsp3) is 0.650. The molecule has 12 heteroatoms. The van der Waals surface area contributed by atoms with Crippen molar-refractivity contribution in [2.75, 3.05) is 19.0 Å². The minimum atomic E-state index is -1.21. The first-order valence-electron chi connectivity index (χ1n) is 10.4. The molecule has 0 aromatic carbocycles. The van der Waals surface area contributed by atoms with E-state index in [2.05, 4.69) is 44.9 Å². The molecule has 0 saturated heterocycles. The summed E-state index contributed by atoms with van der Waals surface area (Å²) >= 11 is 0. The number of ether oxygens (including phenoxy) is 3.